The Balaban J connectivity index is 1.47. The monoisotopic (exact) mass is 397 g/mol. The number of aromatic nitrogens is 4. The molecule has 1 fully saturated rings. The van der Waals surface area contributed by atoms with E-state index in [0.717, 1.165) is 19.4 Å². The van der Waals surface area contributed by atoms with E-state index in [2.05, 4.69) is 20.3 Å². The van der Waals surface area contributed by atoms with Gasteiger partial charge in [-0.3, -0.25) is 4.79 Å². The highest BCUT2D eigenvalue weighted by Crippen LogP contribution is 2.25. The van der Waals surface area contributed by atoms with Crippen molar-refractivity contribution in [2.24, 2.45) is 5.92 Å². The van der Waals surface area contributed by atoms with Gasteiger partial charge in [-0.05, 0) is 56.2 Å². The average molecular weight is 397 g/mol. The van der Waals surface area contributed by atoms with Crippen LogP contribution in [0.3, 0.4) is 0 Å². The van der Waals surface area contributed by atoms with Crippen molar-refractivity contribution in [2.75, 3.05) is 24.6 Å². The summed E-state index contributed by atoms with van der Waals surface area (Å²) in [6.07, 6.45) is 1.70. The fourth-order valence-corrected chi connectivity index (χ4v) is 3.29. The number of rotatable bonds is 5. The number of hydrogen-bond donors (Lipinski definition) is 0. The van der Waals surface area contributed by atoms with Gasteiger partial charge in [0.05, 0.1) is 12.5 Å². The molecule has 1 aromatic carbocycles. The van der Waals surface area contributed by atoms with E-state index < -0.39 is 0 Å². The second-order valence-electron chi connectivity index (χ2n) is 6.74. The topological polar surface area (TPSA) is 94.2 Å². The Labute approximate surface area is 166 Å². The van der Waals surface area contributed by atoms with Crippen LogP contribution in [0.2, 0.25) is 0 Å². The zero-order valence-electron chi connectivity index (χ0n) is 15.9. The number of carbonyl (C=O) groups is 1. The van der Waals surface area contributed by atoms with Gasteiger partial charge in [0, 0.05) is 18.7 Å². The van der Waals surface area contributed by atoms with Gasteiger partial charge in [-0.25, -0.2) is 4.39 Å². The lowest BCUT2D eigenvalue weighted by atomic mass is 9.98. The first-order valence-corrected chi connectivity index (χ1v) is 9.49. The third kappa shape index (κ3) is 4.23. The second-order valence-corrected chi connectivity index (χ2v) is 6.74. The van der Waals surface area contributed by atoms with E-state index in [4.69, 9.17) is 9.26 Å². The van der Waals surface area contributed by atoms with E-state index >= 15 is 0 Å². The predicted molar refractivity (Wildman–Crippen MR) is 102 cm³/mol. The van der Waals surface area contributed by atoms with E-state index in [1.54, 1.807) is 18.2 Å². The molecule has 0 amide bonds. The fraction of sp³-hybridized carbons (Fsp3) is 0.350. The van der Waals surface area contributed by atoms with Gasteiger partial charge in [0.25, 0.3) is 5.89 Å². The minimum Gasteiger partial charge on any atom is -0.466 e. The summed E-state index contributed by atoms with van der Waals surface area (Å²) in [5, 5.41) is 12.4. The lowest BCUT2D eigenvalue weighted by Gasteiger charge is -2.31. The van der Waals surface area contributed by atoms with Crippen molar-refractivity contribution in [3.8, 4) is 23.0 Å². The molecule has 3 aromatic rings. The van der Waals surface area contributed by atoms with Crippen molar-refractivity contribution >= 4 is 11.8 Å². The molecule has 1 saturated heterocycles. The molecule has 3 heterocycles. The van der Waals surface area contributed by atoms with Crippen LogP contribution >= 0.6 is 0 Å². The first kappa shape index (κ1) is 19.0. The maximum atomic E-state index is 13.1. The first-order chi connectivity index (χ1) is 14.1. The van der Waals surface area contributed by atoms with Crippen LogP contribution in [0.1, 0.15) is 19.8 Å². The van der Waals surface area contributed by atoms with Gasteiger partial charge in [0.2, 0.25) is 5.82 Å². The molecule has 150 valence electrons. The van der Waals surface area contributed by atoms with Crippen LogP contribution in [0.4, 0.5) is 10.2 Å². The molecule has 0 N–H and O–H groups in total. The van der Waals surface area contributed by atoms with Gasteiger partial charge in [-0.1, -0.05) is 5.16 Å². The van der Waals surface area contributed by atoms with Gasteiger partial charge in [-0.15, -0.1) is 10.2 Å². The number of carbonyl (C=O) groups excluding carboxylic acids is 1. The van der Waals surface area contributed by atoms with E-state index in [1.165, 1.54) is 12.1 Å². The van der Waals surface area contributed by atoms with Crippen LogP contribution < -0.4 is 4.90 Å². The molecule has 9 heteroatoms. The van der Waals surface area contributed by atoms with Gasteiger partial charge in [0.1, 0.15) is 5.82 Å². The number of esters is 1. The third-order valence-corrected chi connectivity index (χ3v) is 4.76. The van der Waals surface area contributed by atoms with Crippen molar-refractivity contribution in [2.45, 2.75) is 19.8 Å². The van der Waals surface area contributed by atoms with Crippen LogP contribution in [-0.4, -0.2) is 46.0 Å². The molecule has 1 aliphatic rings. The van der Waals surface area contributed by atoms with Crippen molar-refractivity contribution in [1.29, 1.82) is 0 Å². The molecule has 1 atom stereocenters. The molecule has 1 aliphatic heterocycles. The SMILES string of the molecule is CCOC(=O)[C@@H]1CCCN(c2ccc(-c3nc(-c4ccc(F)cc4)no3)nn2)C1. The molecule has 8 nitrogen and oxygen atoms in total. The Morgan fingerprint density at radius 1 is 1.24 bits per heavy atom. The highest BCUT2D eigenvalue weighted by atomic mass is 19.1. The molecule has 0 aliphatic carbocycles. The van der Waals surface area contributed by atoms with Crippen molar-refractivity contribution in [1.82, 2.24) is 20.3 Å². The summed E-state index contributed by atoms with van der Waals surface area (Å²) in [5.74, 6) is 0.605. The van der Waals surface area contributed by atoms with Crippen molar-refractivity contribution < 1.29 is 18.4 Å². The van der Waals surface area contributed by atoms with Gasteiger partial charge < -0.3 is 14.2 Å². The summed E-state index contributed by atoms with van der Waals surface area (Å²) in [6, 6.07) is 9.39. The summed E-state index contributed by atoms with van der Waals surface area (Å²) in [6.45, 7) is 3.55. The van der Waals surface area contributed by atoms with E-state index in [0.29, 0.717) is 36.1 Å². The minimum absolute atomic E-state index is 0.153. The Bertz CT molecular complexity index is 975. The largest absolute Gasteiger partial charge is 0.466 e. The minimum atomic E-state index is -0.332. The molecular weight excluding hydrogens is 377 g/mol. The summed E-state index contributed by atoms with van der Waals surface area (Å²) < 4.78 is 23.5. The van der Waals surface area contributed by atoms with Crippen molar-refractivity contribution in [3.63, 3.8) is 0 Å². The van der Waals surface area contributed by atoms with Gasteiger partial charge >= 0.3 is 5.97 Å². The number of ether oxygens (including phenoxy) is 1. The van der Waals surface area contributed by atoms with Crippen LogP contribution in [-0.2, 0) is 9.53 Å². The molecular formula is C20H20FN5O3. The number of nitrogens with zero attached hydrogens (tertiary/aromatic N) is 5. The van der Waals surface area contributed by atoms with E-state index in [9.17, 15) is 9.18 Å². The molecule has 29 heavy (non-hydrogen) atoms. The third-order valence-electron chi connectivity index (χ3n) is 4.76. The standard InChI is InChI=1S/C20H20FN5O3/c1-2-28-20(27)14-4-3-11-26(12-14)17-10-9-16(23-24-17)19-22-18(25-29-19)13-5-7-15(21)8-6-13/h5-10,14H,2-4,11-12H2,1H3/t14-/m1/s1. The summed E-state index contributed by atoms with van der Waals surface area (Å²) in [7, 11) is 0. The second kappa shape index (κ2) is 8.34. The highest BCUT2D eigenvalue weighted by Gasteiger charge is 2.27. The van der Waals surface area contributed by atoms with Crippen LogP contribution in [0, 0.1) is 11.7 Å². The fourth-order valence-electron chi connectivity index (χ4n) is 3.29. The maximum Gasteiger partial charge on any atom is 0.310 e. The lowest BCUT2D eigenvalue weighted by molar-refractivity contribution is -0.148. The van der Waals surface area contributed by atoms with E-state index in [-0.39, 0.29) is 23.6 Å². The number of anilines is 1. The number of halogens is 1. The van der Waals surface area contributed by atoms with Crippen LogP contribution in [0.25, 0.3) is 23.0 Å². The Kier molecular flexibility index (Phi) is 5.46. The number of piperidine rings is 1. The summed E-state index contributed by atoms with van der Waals surface area (Å²) in [5.41, 5.74) is 1.08. The quantitative estimate of drug-likeness (QED) is 0.606. The van der Waals surface area contributed by atoms with Crippen molar-refractivity contribution in [3.05, 3.63) is 42.2 Å². The predicted octanol–water partition coefficient (Wildman–Crippen LogP) is 3.11. The zero-order valence-corrected chi connectivity index (χ0v) is 15.9. The van der Waals surface area contributed by atoms with Crippen LogP contribution in [0.15, 0.2) is 40.9 Å². The van der Waals surface area contributed by atoms with Gasteiger partial charge in [0.15, 0.2) is 11.5 Å². The molecule has 0 saturated carbocycles. The normalized spacial score (nSPS) is 16.6. The number of benzene rings is 1. The van der Waals surface area contributed by atoms with Crippen LogP contribution in [0.5, 0.6) is 0 Å². The smallest absolute Gasteiger partial charge is 0.310 e. The molecule has 0 unspecified atom stereocenters. The molecule has 0 spiro atoms. The highest BCUT2D eigenvalue weighted by molar-refractivity contribution is 5.73. The zero-order chi connectivity index (χ0) is 20.2. The van der Waals surface area contributed by atoms with Gasteiger partial charge in [-0.2, -0.15) is 4.98 Å². The molecule has 0 radical (unpaired) electrons. The molecule has 2 aromatic heterocycles. The number of hydrogen-bond acceptors (Lipinski definition) is 8. The molecule has 0 bridgehead atoms. The summed E-state index contributed by atoms with van der Waals surface area (Å²) >= 11 is 0. The first-order valence-electron chi connectivity index (χ1n) is 9.49. The maximum absolute atomic E-state index is 13.1. The summed E-state index contributed by atoms with van der Waals surface area (Å²) in [4.78, 5) is 18.3. The van der Waals surface area contributed by atoms with E-state index in [1.807, 2.05) is 17.9 Å². The molecule has 4 rings (SSSR count). The Hall–Kier alpha value is -3.36. The Morgan fingerprint density at radius 2 is 2.07 bits per heavy atom. The average Bonchev–Trinajstić information content (AvgIpc) is 3.25. The Morgan fingerprint density at radius 3 is 2.79 bits per heavy atom. The lowest BCUT2D eigenvalue weighted by Crippen LogP contribution is -2.39.